The highest BCUT2D eigenvalue weighted by molar-refractivity contribution is 6.33. The van der Waals surface area contributed by atoms with Gasteiger partial charge in [-0.05, 0) is 13.0 Å². The zero-order chi connectivity index (χ0) is 22.8. The third-order valence-electron chi connectivity index (χ3n) is 4.77. The monoisotopic (exact) mass is 439 g/mol. The average molecular weight is 440 g/mol. The SMILES string of the molecule is C=NN(C)/C=C\CNC1=C(N)C(C)N(C(=C)c2cccc(C(F)F)c2Cl)CC1.CC. The van der Waals surface area contributed by atoms with Gasteiger partial charge in [-0.3, -0.25) is 5.01 Å². The van der Waals surface area contributed by atoms with Crippen LogP contribution in [0.3, 0.4) is 0 Å². The molecular weight excluding hydrogens is 408 g/mol. The molecule has 1 atom stereocenters. The van der Waals surface area contributed by atoms with Crippen molar-refractivity contribution in [2.75, 3.05) is 20.1 Å². The largest absolute Gasteiger partial charge is 0.399 e. The van der Waals surface area contributed by atoms with Gasteiger partial charge in [-0.15, -0.1) is 0 Å². The summed E-state index contributed by atoms with van der Waals surface area (Å²) in [5.74, 6) is 0. The number of alkyl halides is 2. The number of hydrogen-bond donors (Lipinski definition) is 2. The lowest BCUT2D eigenvalue weighted by Gasteiger charge is -2.38. The Bertz CT molecular complexity index is 792. The zero-order valence-electron chi connectivity index (χ0n) is 18.1. The van der Waals surface area contributed by atoms with E-state index in [2.05, 4.69) is 23.7 Å². The molecule has 0 amide bonds. The molecule has 166 valence electrons. The molecule has 0 saturated carbocycles. The van der Waals surface area contributed by atoms with Crippen molar-refractivity contribution in [3.63, 3.8) is 0 Å². The lowest BCUT2D eigenvalue weighted by Crippen LogP contribution is -2.43. The molecule has 1 aliphatic rings. The van der Waals surface area contributed by atoms with Gasteiger partial charge in [0.05, 0.1) is 16.8 Å². The maximum absolute atomic E-state index is 13.1. The van der Waals surface area contributed by atoms with Gasteiger partial charge in [0.2, 0.25) is 0 Å². The third kappa shape index (κ3) is 6.23. The van der Waals surface area contributed by atoms with E-state index in [-0.39, 0.29) is 16.6 Å². The van der Waals surface area contributed by atoms with Gasteiger partial charge in [0.15, 0.2) is 0 Å². The van der Waals surface area contributed by atoms with Crippen molar-refractivity contribution in [2.45, 2.75) is 39.7 Å². The van der Waals surface area contributed by atoms with Crippen molar-refractivity contribution in [1.29, 1.82) is 0 Å². The lowest BCUT2D eigenvalue weighted by atomic mass is 10.0. The van der Waals surface area contributed by atoms with Crippen LogP contribution in [-0.2, 0) is 0 Å². The van der Waals surface area contributed by atoms with E-state index in [0.29, 0.717) is 36.5 Å². The van der Waals surface area contributed by atoms with Crippen LogP contribution < -0.4 is 11.1 Å². The average Bonchev–Trinajstić information content (AvgIpc) is 2.74. The van der Waals surface area contributed by atoms with E-state index in [4.69, 9.17) is 17.3 Å². The minimum absolute atomic E-state index is 0.0336. The minimum Gasteiger partial charge on any atom is -0.399 e. The zero-order valence-corrected chi connectivity index (χ0v) is 18.9. The highest BCUT2D eigenvalue weighted by Crippen LogP contribution is 2.36. The maximum Gasteiger partial charge on any atom is 0.265 e. The fraction of sp³-hybridized carbons (Fsp3) is 0.409. The highest BCUT2D eigenvalue weighted by Gasteiger charge is 2.27. The maximum atomic E-state index is 13.1. The third-order valence-corrected chi connectivity index (χ3v) is 5.19. The van der Waals surface area contributed by atoms with Crippen LogP contribution in [0.1, 0.15) is 44.7 Å². The molecule has 3 N–H and O–H groups in total. The van der Waals surface area contributed by atoms with Crippen LogP contribution in [0.15, 0.2) is 53.5 Å². The van der Waals surface area contributed by atoms with Gasteiger partial charge in [-0.1, -0.05) is 50.2 Å². The van der Waals surface area contributed by atoms with Gasteiger partial charge in [0.25, 0.3) is 6.43 Å². The van der Waals surface area contributed by atoms with Crippen LogP contribution in [-0.4, -0.2) is 42.8 Å². The molecule has 5 nitrogen and oxygen atoms in total. The Morgan fingerprint density at radius 2 is 2.13 bits per heavy atom. The second kappa shape index (κ2) is 12.2. The highest BCUT2D eigenvalue weighted by atomic mass is 35.5. The van der Waals surface area contributed by atoms with Gasteiger partial charge in [0, 0.05) is 62.0 Å². The molecule has 0 spiro atoms. The summed E-state index contributed by atoms with van der Waals surface area (Å²) in [4.78, 5) is 1.99. The van der Waals surface area contributed by atoms with E-state index in [9.17, 15) is 8.78 Å². The Morgan fingerprint density at radius 1 is 1.47 bits per heavy atom. The van der Waals surface area contributed by atoms with Crippen molar-refractivity contribution >= 4 is 24.0 Å². The number of nitrogens with two attached hydrogens (primary N) is 1. The summed E-state index contributed by atoms with van der Waals surface area (Å²) >= 11 is 6.21. The van der Waals surface area contributed by atoms with Crippen molar-refractivity contribution in [2.24, 2.45) is 10.8 Å². The topological polar surface area (TPSA) is 56.9 Å². The number of rotatable bonds is 8. The summed E-state index contributed by atoms with van der Waals surface area (Å²) in [6, 6.07) is 4.45. The summed E-state index contributed by atoms with van der Waals surface area (Å²) in [7, 11) is 1.79. The molecule has 1 aromatic rings. The molecular formula is C22H32ClF2N5. The fourth-order valence-electron chi connectivity index (χ4n) is 3.08. The minimum atomic E-state index is -2.64. The molecule has 1 aliphatic heterocycles. The summed E-state index contributed by atoms with van der Waals surface area (Å²) in [5.41, 5.74) is 8.87. The fourth-order valence-corrected chi connectivity index (χ4v) is 3.40. The van der Waals surface area contributed by atoms with Gasteiger partial charge >= 0.3 is 0 Å². The first-order valence-corrected chi connectivity index (χ1v) is 10.3. The number of nitrogens with zero attached hydrogens (tertiary/aromatic N) is 3. The standard InChI is InChI=1S/C20H26ClF2N5.C2H6/c1-13(15-7-5-8-16(18(15)21)20(22)23)28-12-9-17(19(24)14(28)2)26-10-6-11-27(4)25-3;1-2/h5-8,11,14,20,26H,1,3,9-10,12,24H2,2,4H3;1-2H3/b11-6-;. The molecule has 30 heavy (non-hydrogen) atoms. The number of benzene rings is 1. The van der Waals surface area contributed by atoms with E-state index in [0.717, 1.165) is 5.70 Å². The van der Waals surface area contributed by atoms with Crippen LogP contribution >= 0.6 is 11.6 Å². The second-order valence-corrected chi connectivity index (χ2v) is 6.87. The molecule has 0 aliphatic carbocycles. The van der Waals surface area contributed by atoms with Crippen LogP contribution in [0.25, 0.3) is 5.70 Å². The molecule has 8 heteroatoms. The molecule has 1 unspecified atom stereocenters. The Hall–Kier alpha value is -2.54. The van der Waals surface area contributed by atoms with E-state index in [1.54, 1.807) is 30.4 Å². The van der Waals surface area contributed by atoms with Gasteiger partial charge < -0.3 is 16.0 Å². The van der Waals surface area contributed by atoms with Crippen LogP contribution in [0.2, 0.25) is 5.02 Å². The number of hydrazone groups is 1. The molecule has 0 fully saturated rings. The first-order chi connectivity index (χ1) is 14.3. The Morgan fingerprint density at radius 3 is 2.73 bits per heavy atom. The van der Waals surface area contributed by atoms with E-state index in [1.807, 2.05) is 31.7 Å². The van der Waals surface area contributed by atoms with Gasteiger partial charge in [-0.25, -0.2) is 8.78 Å². The van der Waals surface area contributed by atoms with E-state index >= 15 is 0 Å². The first-order valence-electron chi connectivity index (χ1n) is 9.88. The summed E-state index contributed by atoms with van der Waals surface area (Å²) in [5, 5.41) is 8.69. The lowest BCUT2D eigenvalue weighted by molar-refractivity contribution is 0.151. The molecule has 0 bridgehead atoms. The molecule has 0 aromatic heterocycles. The molecule has 0 saturated heterocycles. The summed E-state index contributed by atoms with van der Waals surface area (Å²) in [6.07, 6.45) is 1.77. The van der Waals surface area contributed by atoms with Crippen molar-refractivity contribution in [3.05, 3.63) is 64.6 Å². The number of hydrogen-bond acceptors (Lipinski definition) is 5. The quantitative estimate of drug-likeness (QED) is 0.432. The van der Waals surface area contributed by atoms with E-state index < -0.39 is 6.43 Å². The van der Waals surface area contributed by atoms with Gasteiger partial charge in [0.1, 0.15) is 0 Å². The van der Waals surface area contributed by atoms with Crippen LogP contribution in [0.4, 0.5) is 8.78 Å². The van der Waals surface area contributed by atoms with Gasteiger partial charge in [-0.2, -0.15) is 5.10 Å². The van der Waals surface area contributed by atoms with Crippen molar-refractivity contribution in [1.82, 2.24) is 15.2 Å². The molecule has 1 aromatic carbocycles. The number of halogens is 3. The van der Waals surface area contributed by atoms with Crippen molar-refractivity contribution in [3.8, 4) is 0 Å². The predicted molar refractivity (Wildman–Crippen MR) is 123 cm³/mol. The predicted octanol–water partition coefficient (Wildman–Crippen LogP) is 5.19. The summed E-state index contributed by atoms with van der Waals surface area (Å²) in [6.45, 7) is 14.7. The molecule has 1 heterocycles. The normalized spacial score (nSPS) is 16.4. The van der Waals surface area contributed by atoms with Crippen LogP contribution in [0.5, 0.6) is 0 Å². The smallest absolute Gasteiger partial charge is 0.265 e. The number of nitrogens with one attached hydrogen (secondary N) is 1. The van der Waals surface area contributed by atoms with Crippen molar-refractivity contribution < 1.29 is 8.78 Å². The Labute approximate surface area is 183 Å². The first kappa shape index (κ1) is 25.5. The Balaban J connectivity index is 0.00000218. The second-order valence-electron chi connectivity index (χ2n) is 6.49. The summed E-state index contributed by atoms with van der Waals surface area (Å²) < 4.78 is 26.3. The molecule has 0 radical (unpaired) electrons. The molecule has 2 rings (SSSR count). The Kier molecular flexibility index (Phi) is 10.4. The van der Waals surface area contributed by atoms with E-state index in [1.165, 1.54) is 6.07 Å². The van der Waals surface area contributed by atoms with Crippen LogP contribution in [0, 0.1) is 0 Å².